The molecule has 0 radical (unpaired) electrons. The van der Waals surface area contributed by atoms with Gasteiger partial charge in [0.05, 0.1) is 19.4 Å². The topological polar surface area (TPSA) is 52.6 Å². The number of hydrogen-bond acceptors (Lipinski definition) is 4. The number of halogens is 1. The molecule has 0 amide bonds. The third-order valence-electron chi connectivity index (χ3n) is 4.54. The molecule has 2 aromatic rings. The zero-order valence-electron chi connectivity index (χ0n) is 16.3. The van der Waals surface area contributed by atoms with Crippen LogP contribution >= 0.6 is 11.6 Å². The van der Waals surface area contributed by atoms with Gasteiger partial charge in [0.15, 0.2) is 0 Å². The van der Waals surface area contributed by atoms with Gasteiger partial charge < -0.3 is 9.47 Å². The molecule has 28 heavy (non-hydrogen) atoms. The van der Waals surface area contributed by atoms with Crippen molar-refractivity contribution in [2.45, 2.75) is 58.0 Å². The summed E-state index contributed by atoms with van der Waals surface area (Å²) in [6.07, 6.45) is 6.54. The highest BCUT2D eigenvalue weighted by Crippen LogP contribution is 2.16. The van der Waals surface area contributed by atoms with Gasteiger partial charge in [-0.3, -0.25) is 9.59 Å². The number of benzene rings is 2. The van der Waals surface area contributed by atoms with E-state index in [0.29, 0.717) is 6.61 Å². The van der Waals surface area contributed by atoms with Crippen LogP contribution < -0.4 is 0 Å². The Bertz CT molecular complexity index is 744. The molecule has 0 saturated carbocycles. The lowest BCUT2D eigenvalue weighted by Gasteiger charge is -2.07. The van der Waals surface area contributed by atoms with Gasteiger partial charge in [-0.1, -0.05) is 62.1 Å². The molecule has 2 aromatic carbocycles. The van der Waals surface area contributed by atoms with Crippen LogP contribution in [0.3, 0.4) is 0 Å². The molecule has 152 valence electrons. The van der Waals surface area contributed by atoms with Crippen molar-refractivity contribution in [2.24, 2.45) is 0 Å². The van der Waals surface area contributed by atoms with E-state index in [2.05, 4.69) is 0 Å². The van der Waals surface area contributed by atoms with Gasteiger partial charge >= 0.3 is 11.9 Å². The fourth-order valence-electron chi connectivity index (χ4n) is 2.93. The Morgan fingerprint density at radius 1 is 0.750 bits per heavy atom. The van der Waals surface area contributed by atoms with Crippen molar-refractivity contribution >= 4 is 34.3 Å². The Morgan fingerprint density at radius 2 is 1.39 bits per heavy atom. The number of alkyl halides is 1. The zero-order chi connectivity index (χ0) is 20.0. The second-order valence-corrected chi connectivity index (χ2v) is 7.25. The normalized spacial score (nSPS) is 10.8. The average Bonchev–Trinajstić information content (AvgIpc) is 2.72. The van der Waals surface area contributed by atoms with Crippen LogP contribution in [0.4, 0.5) is 0 Å². The fourth-order valence-corrected chi connectivity index (χ4v) is 3.12. The molecule has 2 rings (SSSR count). The maximum atomic E-state index is 11.8. The third kappa shape index (κ3) is 8.75. The minimum Gasteiger partial charge on any atom is -0.466 e. The van der Waals surface area contributed by atoms with Gasteiger partial charge in [0.1, 0.15) is 6.61 Å². The molecule has 5 heteroatoms. The van der Waals surface area contributed by atoms with E-state index in [-0.39, 0.29) is 31.4 Å². The summed E-state index contributed by atoms with van der Waals surface area (Å²) in [5.41, 5.74) is 0.931. The molecule has 0 saturated heterocycles. The molecule has 0 atom stereocenters. The number of unbranched alkanes of at least 4 members (excludes halogenated alkanes) is 5. The lowest BCUT2D eigenvalue weighted by Crippen LogP contribution is -2.11. The molecule has 0 bridgehead atoms. The second-order valence-electron chi connectivity index (χ2n) is 6.87. The van der Waals surface area contributed by atoms with Crippen LogP contribution in [0, 0.1) is 0 Å². The van der Waals surface area contributed by atoms with E-state index in [1.54, 1.807) is 0 Å². The largest absolute Gasteiger partial charge is 0.466 e. The molecule has 0 fully saturated rings. The first-order chi connectivity index (χ1) is 13.7. The summed E-state index contributed by atoms with van der Waals surface area (Å²) in [5.74, 6) is -0.00309. The van der Waals surface area contributed by atoms with Crippen LogP contribution in [0.1, 0.15) is 56.9 Å². The van der Waals surface area contributed by atoms with Gasteiger partial charge in [0, 0.05) is 5.88 Å². The van der Waals surface area contributed by atoms with Gasteiger partial charge in [-0.2, -0.15) is 0 Å². The van der Waals surface area contributed by atoms with E-state index in [0.717, 1.165) is 54.3 Å². The van der Waals surface area contributed by atoms with Gasteiger partial charge in [0.2, 0.25) is 0 Å². The molecule has 0 aliphatic heterocycles. The van der Waals surface area contributed by atoms with Gasteiger partial charge in [-0.15, -0.1) is 11.6 Å². The number of carbonyl (C=O) groups excluding carboxylic acids is 2. The van der Waals surface area contributed by atoms with Crippen molar-refractivity contribution in [2.75, 3.05) is 12.5 Å². The molecule has 0 unspecified atom stereocenters. The van der Waals surface area contributed by atoms with Crippen LogP contribution in [0.25, 0.3) is 10.8 Å². The van der Waals surface area contributed by atoms with Gasteiger partial charge in [-0.25, -0.2) is 0 Å². The number of fused-ring (bicyclic) bond motifs is 1. The smallest absolute Gasteiger partial charge is 0.306 e. The summed E-state index contributed by atoms with van der Waals surface area (Å²) in [7, 11) is 0. The van der Waals surface area contributed by atoms with Crippen molar-refractivity contribution in [3.63, 3.8) is 0 Å². The standard InChI is InChI=1S/C23H29ClO4/c24-15-7-3-1-2-4-8-16-27-22(25)13-14-23(26)28-18-19-11-12-20-9-5-6-10-21(20)17-19/h5-6,9-12,17H,1-4,7-8,13-16,18H2. The Hall–Kier alpha value is -2.07. The maximum Gasteiger partial charge on any atom is 0.306 e. The van der Waals surface area contributed by atoms with Gasteiger partial charge in [-0.05, 0) is 35.2 Å². The summed E-state index contributed by atoms with van der Waals surface area (Å²) >= 11 is 5.63. The van der Waals surface area contributed by atoms with Crippen molar-refractivity contribution in [3.8, 4) is 0 Å². The predicted octanol–water partition coefficient (Wildman–Crippen LogP) is 5.79. The number of esters is 2. The van der Waals surface area contributed by atoms with Gasteiger partial charge in [0.25, 0.3) is 0 Å². The lowest BCUT2D eigenvalue weighted by atomic mass is 10.1. The van der Waals surface area contributed by atoms with Crippen LogP contribution in [-0.4, -0.2) is 24.4 Å². The van der Waals surface area contributed by atoms with E-state index in [1.807, 2.05) is 42.5 Å². The molecule has 4 nitrogen and oxygen atoms in total. The summed E-state index contributed by atoms with van der Waals surface area (Å²) in [5, 5.41) is 2.26. The number of ether oxygens (including phenoxy) is 2. The van der Waals surface area contributed by atoms with Crippen LogP contribution in [0.5, 0.6) is 0 Å². The van der Waals surface area contributed by atoms with E-state index >= 15 is 0 Å². The van der Waals surface area contributed by atoms with E-state index < -0.39 is 0 Å². The highest BCUT2D eigenvalue weighted by atomic mass is 35.5. The summed E-state index contributed by atoms with van der Waals surface area (Å²) in [6.45, 7) is 0.628. The summed E-state index contributed by atoms with van der Waals surface area (Å²) < 4.78 is 10.4. The third-order valence-corrected chi connectivity index (χ3v) is 4.81. The number of hydrogen-bond donors (Lipinski definition) is 0. The Kier molecular flexibility index (Phi) is 10.4. The molecule has 0 aromatic heterocycles. The van der Waals surface area contributed by atoms with E-state index in [4.69, 9.17) is 21.1 Å². The minimum absolute atomic E-state index is 0.0465. The molecular formula is C23H29ClO4. The SMILES string of the molecule is O=C(CCC(=O)OCc1ccc2ccccc2c1)OCCCCCCCCCl. The number of rotatable bonds is 13. The lowest BCUT2D eigenvalue weighted by molar-refractivity contribution is -0.151. The monoisotopic (exact) mass is 404 g/mol. The zero-order valence-corrected chi connectivity index (χ0v) is 17.1. The van der Waals surface area contributed by atoms with Crippen LogP contribution in [-0.2, 0) is 25.7 Å². The fraction of sp³-hybridized carbons (Fsp3) is 0.478. The number of carbonyl (C=O) groups is 2. The van der Waals surface area contributed by atoms with E-state index in [1.165, 1.54) is 6.42 Å². The maximum absolute atomic E-state index is 11.8. The Balaban J connectivity index is 1.54. The van der Waals surface area contributed by atoms with Crippen molar-refractivity contribution in [3.05, 3.63) is 48.0 Å². The Morgan fingerprint density at radius 3 is 2.14 bits per heavy atom. The quantitative estimate of drug-likeness (QED) is 0.241. The highest BCUT2D eigenvalue weighted by Gasteiger charge is 2.09. The molecule has 0 N–H and O–H groups in total. The first kappa shape index (κ1) is 22.2. The molecule has 0 heterocycles. The first-order valence-corrected chi connectivity index (χ1v) is 10.6. The highest BCUT2D eigenvalue weighted by molar-refractivity contribution is 6.17. The van der Waals surface area contributed by atoms with Crippen molar-refractivity contribution < 1.29 is 19.1 Å². The molecule has 0 aliphatic carbocycles. The minimum atomic E-state index is -0.385. The van der Waals surface area contributed by atoms with Crippen molar-refractivity contribution in [1.29, 1.82) is 0 Å². The first-order valence-electron chi connectivity index (χ1n) is 10.0. The molecular weight excluding hydrogens is 376 g/mol. The summed E-state index contributed by atoms with van der Waals surface area (Å²) in [6, 6.07) is 14.0. The van der Waals surface area contributed by atoms with Crippen molar-refractivity contribution in [1.82, 2.24) is 0 Å². The average molecular weight is 405 g/mol. The molecule has 0 spiro atoms. The van der Waals surface area contributed by atoms with Crippen LogP contribution in [0.15, 0.2) is 42.5 Å². The second kappa shape index (κ2) is 13.2. The van der Waals surface area contributed by atoms with Crippen LogP contribution in [0.2, 0.25) is 0 Å². The Labute approximate surface area is 172 Å². The summed E-state index contributed by atoms with van der Waals surface area (Å²) in [4.78, 5) is 23.5. The predicted molar refractivity (Wildman–Crippen MR) is 112 cm³/mol. The van der Waals surface area contributed by atoms with E-state index in [9.17, 15) is 9.59 Å². The molecule has 0 aliphatic rings.